The van der Waals surface area contributed by atoms with E-state index in [1.165, 1.54) is 27.9 Å². The summed E-state index contributed by atoms with van der Waals surface area (Å²) in [7, 11) is 3.31. The summed E-state index contributed by atoms with van der Waals surface area (Å²) in [5.41, 5.74) is 6.43. The molecule has 0 unspecified atom stereocenters. The number of nitrogens with two attached hydrogens (primary N) is 1. The van der Waals surface area contributed by atoms with Gasteiger partial charge in [-0.2, -0.15) is 5.10 Å². The summed E-state index contributed by atoms with van der Waals surface area (Å²) in [4.78, 5) is 43.9. The first-order valence-electron chi connectivity index (χ1n) is 10.2. The Morgan fingerprint density at radius 1 is 1.27 bits per heavy atom. The summed E-state index contributed by atoms with van der Waals surface area (Å²) < 4.78 is 7.97. The summed E-state index contributed by atoms with van der Waals surface area (Å²) in [6.07, 6.45) is 0. The predicted octanol–water partition coefficient (Wildman–Crippen LogP) is 1.87. The smallest absolute Gasteiger partial charge is 0.330 e. The average molecular weight is 469 g/mol. The number of aromatic nitrogens is 4. The van der Waals surface area contributed by atoms with Crippen molar-refractivity contribution >= 4 is 39.0 Å². The lowest BCUT2D eigenvalue weighted by Crippen LogP contribution is -2.41. The van der Waals surface area contributed by atoms with Gasteiger partial charge in [0.15, 0.2) is 5.69 Å². The van der Waals surface area contributed by atoms with Crippen LogP contribution in [0.15, 0.2) is 46.0 Å². The average Bonchev–Trinajstić information content (AvgIpc) is 3.34. The molecule has 3 N–H and O–H groups in total. The van der Waals surface area contributed by atoms with Crippen molar-refractivity contribution in [3.63, 3.8) is 0 Å². The number of thiophene rings is 1. The summed E-state index contributed by atoms with van der Waals surface area (Å²) in [5, 5.41) is 5.25. The minimum atomic E-state index is -0.727. The van der Waals surface area contributed by atoms with Gasteiger partial charge in [0.1, 0.15) is 10.6 Å². The minimum absolute atomic E-state index is 0.0770. The van der Waals surface area contributed by atoms with Crippen molar-refractivity contribution in [1.29, 1.82) is 0 Å². The molecular formula is C22H24N6O4S. The van der Waals surface area contributed by atoms with E-state index in [1.54, 1.807) is 10.7 Å². The fourth-order valence-electron chi connectivity index (χ4n) is 3.70. The van der Waals surface area contributed by atoms with Crippen LogP contribution in [0.3, 0.4) is 0 Å². The van der Waals surface area contributed by atoms with E-state index < -0.39 is 17.2 Å². The largest absolute Gasteiger partial charge is 0.383 e. The zero-order valence-electron chi connectivity index (χ0n) is 18.5. The Morgan fingerprint density at radius 3 is 2.67 bits per heavy atom. The number of nitrogens with zero attached hydrogens (tertiary/aromatic N) is 4. The molecule has 10 nitrogen and oxygen atoms in total. The maximum atomic E-state index is 13.7. The molecule has 0 aliphatic carbocycles. The van der Waals surface area contributed by atoms with E-state index in [1.807, 2.05) is 44.3 Å². The SMILES string of the molecule is COCCn1c(N)c(N(Cc2ccccc2)C(=O)c2cc3c(C)nn(C)c3s2)c(=O)[nH]c1=O. The number of nitrogen functional groups attached to an aromatic ring is 1. The number of benzene rings is 1. The number of hydrogen-bond acceptors (Lipinski definition) is 7. The molecular weight excluding hydrogens is 444 g/mol. The third kappa shape index (κ3) is 4.20. The maximum absolute atomic E-state index is 13.7. The van der Waals surface area contributed by atoms with Crippen molar-refractivity contribution in [2.75, 3.05) is 24.4 Å². The highest BCUT2D eigenvalue weighted by atomic mass is 32.1. The van der Waals surface area contributed by atoms with Gasteiger partial charge in [0.2, 0.25) is 0 Å². The van der Waals surface area contributed by atoms with Gasteiger partial charge in [-0.15, -0.1) is 11.3 Å². The number of amides is 1. The third-order valence-electron chi connectivity index (χ3n) is 5.34. The summed E-state index contributed by atoms with van der Waals surface area (Å²) in [5.74, 6) is -0.488. The molecule has 0 aliphatic heterocycles. The number of carbonyl (C=O) groups excluding carboxylic acids is 1. The number of fused-ring (bicyclic) bond motifs is 1. The number of aromatic amines is 1. The van der Waals surface area contributed by atoms with Crippen molar-refractivity contribution in [2.45, 2.75) is 20.0 Å². The molecule has 4 rings (SSSR count). The van der Waals surface area contributed by atoms with Gasteiger partial charge in [0, 0.05) is 19.5 Å². The lowest BCUT2D eigenvalue weighted by atomic mass is 10.2. The molecule has 1 aromatic carbocycles. The number of nitrogens with one attached hydrogen (secondary N) is 1. The topological polar surface area (TPSA) is 128 Å². The van der Waals surface area contributed by atoms with Crippen LogP contribution < -0.4 is 21.9 Å². The molecule has 0 atom stereocenters. The van der Waals surface area contributed by atoms with E-state index in [4.69, 9.17) is 10.5 Å². The van der Waals surface area contributed by atoms with E-state index in [2.05, 4.69) is 10.1 Å². The second-order valence-electron chi connectivity index (χ2n) is 7.55. The molecule has 0 spiro atoms. The Kier molecular flexibility index (Phi) is 6.16. The monoisotopic (exact) mass is 468 g/mol. The van der Waals surface area contributed by atoms with E-state index in [-0.39, 0.29) is 31.2 Å². The van der Waals surface area contributed by atoms with Crippen molar-refractivity contribution in [3.05, 3.63) is 73.4 Å². The normalized spacial score (nSPS) is 11.2. The molecule has 0 saturated carbocycles. The van der Waals surface area contributed by atoms with E-state index in [9.17, 15) is 14.4 Å². The molecule has 0 radical (unpaired) electrons. The van der Waals surface area contributed by atoms with Crippen LogP contribution in [0.5, 0.6) is 0 Å². The number of methoxy groups -OCH3 is 1. The van der Waals surface area contributed by atoms with E-state index in [0.717, 1.165) is 21.5 Å². The van der Waals surface area contributed by atoms with Crippen LogP contribution in [0, 0.1) is 6.92 Å². The number of ether oxygens (including phenoxy) is 1. The molecule has 0 aliphatic rings. The van der Waals surface area contributed by atoms with Crippen LogP contribution in [0.4, 0.5) is 11.5 Å². The van der Waals surface area contributed by atoms with Crippen LogP contribution in [-0.2, 0) is 24.9 Å². The molecule has 1 amide bonds. The summed E-state index contributed by atoms with van der Waals surface area (Å²) in [6, 6.07) is 11.0. The first-order valence-corrected chi connectivity index (χ1v) is 11.0. The van der Waals surface area contributed by atoms with Gasteiger partial charge in [-0.25, -0.2) is 4.79 Å². The fraction of sp³-hybridized carbons (Fsp3) is 0.273. The van der Waals surface area contributed by atoms with Gasteiger partial charge in [-0.1, -0.05) is 30.3 Å². The molecule has 172 valence electrons. The lowest BCUT2D eigenvalue weighted by molar-refractivity contribution is 0.0988. The van der Waals surface area contributed by atoms with Gasteiger partial charge in [0.25, 0.3) is 11.5 Å². The first kappa shape index (κ1) is 22.5. The fourth-order valence-corrected chi connectivity index (χ4v) is 4.78. The Balaban J connectivity index is 1.86. The Bertz CT molecular complexity index is 1400. The molecule has 0 saturated heterocycles. The standard InChI is InChI=1S/C22H24N6O4S/c1-13-15-11-16(33-21(15)26(2)25-13)20(30)28(12-14-7-5-4-6-8-14)17-18(23)27(9-10-32-3)22(31)24-19(17)29/h4-8,11H,9-10,12,23H2,1-3H3,(H,24,29,31). The zero-order valence-corrected chi connectivity index (χ0v) is 19.3. The molecule has 4 aromatic rings. The number of aryl methyl sites for hydroxylation is 2. The van der Waals surface area contributed by atoms with Crippen molar-refractivity contribution in [2.24, 2.45) is 7.05 Å². The summed E-state index contributed by atoms with van der Waals surface area (Å²) >= 11 is 1.29. The van der Waals surface area contributed by atoms with Gasteiger partial charge in [-0.05, 0) is 18.6 Å². The molecule has 11 heteroatoms. The maximum Gasteiger partial charge on any atom is 0.330 e. The molecule has 3 aromatic heterocycles. The Morgan fingerprint density at radius 2 is 2.00 bits per heavy atom. The second-order valence-corrected chi connectivity index (χ2v) is 8.58. The zero-order chi connectivity index (χ0) is 23.7. The highest BCUT2D eigenvalue weighted by Gasteiger charge is 2.27. The summed E-state index contributed by atoms with van der Waals surface area (Å²) in [6.45, 7) is 2.32. The quantitative estimate of drug-likeness (QED) is 0.426. The van der Waals surface area contributed by atoms with Gasteiger partial charge in [0.05, 0.1) is 30.3 Å². The van der Waals surface area contributed by atoms with Crippen LogP contribution in [-0.4, -0.2) is 39.0 Å². The molecule has 0 fully saturated rings. The second kappa shape index (κ2) is 9.04. The van der Waals surface area contributed by atoms with Crippen molar-refractivity contribution in [3.8, 4) is 0 Å². The van der Waals surface area contributed by atoms with Crippen LogP contribution >= 0.6 is 11.3 Å². The van der Waals surface area contributed by atoms with Crippen LogP contribution in [0.2, 0.25) is 0 Å². The molecule has 3 heterocycles. The highest BCUT2D eigenvalue weighted by molar-refractivity contribution is 7.20. The Hall–Kier alpha value is -3.70. The Labute approximate surface area is 192 Å². The molecule has 0 bridgehead atoms. The van der Waals surface area contributed by atoms with Crippen LogP contribution in [0.1, 0.15) is 20.9 Å². The van der Waals surface area contributed by atoms with Crippen LogP contribution in [0.25, 0.3) is 10.2 Å². The predicted molar refractivity (Wildman–Crippen MR) is 128 cm³/mol. The van der Waals surface area contributed by atoms with Gasteiger partial charge >= 0.3 is 5.69 Å². The highest BCUT2D eigenvalue weighted by Crippen LogP contribution is 2.30. The first-order chi connectivity index (χ1) is 15.8. The number of rotatable bonds is 7. The van der Waals surface area contributed by atoms with Gasteiger partial charge < -0.3 is 10.5 Å². The van der Waals surface area contributed by atoms with Gasteiger partial charge in [-0.3, -0.25) is 28.7 Å². The number of H-pyrrole nitrogens is 1. The lowest BCUT2D eigenvalue weighted by Gasteiger charge is -2.24. The number of carbonyl (C=O) groups is 1. The van der Waals surface area contributed by atoms with E-state index >= 15 is 0 Å². The van der Waals surface area contributed by atoms with Crippen molar-refractivity contribution < 1.29 is 9.53 Å². The minimum Gasteiger partial charge on any atom is -0.383 e. The third-order valence-corrected chi connectivity index (χ3v) is 6.53. The number of anilines is 2. The van der Waals surface area contributed by atoms with Crippen molar-refractivity contribution in [1.82, 2.24) is 19.3 Å². The molecule has 33 heavy (non-hydrogen) atoms. The van der Waals surface area contributed by atoms with E-state index in [0.29, 0.717) is 4.88 Å². The number of hydrogen-bond donors (Lipinski definition) is 2.